The first-order chi connectivity index (χ1) is 8.86. The molecule has 4 nitrogen and oxygen atoms in total. The van der Waals surface area contributed by atoms with E-state index in [1.54, 1.807) is 6.20 Å². The Hall–Kier alpha value is -2.36. The molecular weight excluding hydrogens is 226 g/mol. The van der Waals surface area contributed by atoms with Gasteiger partial charge in [0.1, 0.15) is 6.29 Å². The number of imidazole rings is 1. The van der Waals surface area contributed by atoms with E-state index in [9.17, 15) is 4.79 Å². The fourth-order valence-electron chi connectivity index (χ4n) is 2.11. The SMILES string of the molecule is O=Cc1ccc2ccn(CCn3ccnc3)c2c1. The summed E-state index contributed by atoms with van der Waals surface area (Å²) in [5, 5.41) is 1.16. The van der Waals surface area contributed by atoms with Gasteiger partial charge in [-0.15, -0.1) is 0 Å². The molecule has 0 N–H and O–H groups in total. The second-order valence-electron chi connectivity index (χ2n) is 4.25. The van der Waals surface area contributed by atoms with Crippen LogP contribution in [0, 0.1) is 0 Å². The maximum absolute atomic E-state index is 10.8. The lowest BCUT2D eigenvalue weighted by Gasteiger charge is -2.06. The Morgan fingerprint density at radius 1 is 1.17 bits per heavy atom. The van der Waals surface area contributed by atoms with Crippen LogP contribution in [0.1, 0.15) is 10.4 Å². The van der Waals surface area contributed by atoms with Crippen molar-refractivity contribution in [2.75, 3.05) is 0 Å². The van der Waals surface area contributed by atoms with Crippen molar-refractivity contribution in [3.05, 3.63) is 54.7 Å². The molecule has 4 heteroatoms. The number of benzene rings is 1. The fraction of sp³-hybridized carbons (Fsp3) is 0.143. The van der Waals surface area contributed by atoms with E-state index in [0.717, 1.165) is 30.3 Å². The van der Waals surface area contributed by atoms with E-state index in [-0.39, 0.29) is 0 Å². The van der Waals surface area contributed by atoms with Gasteiger partial charge in [0.15, 0.2) is 0 Å². The van der Waals surface area contributed by atoms with Gasteiger partial charge in [-0.05, 0) is 17.5 Å². The molecule has 90 valence electrons. The van der Waals surface area contributed by atoms with E-state index >= 15 is 0 Å². The predicted octanol–water partition coefficient (Wildman–Crippen LogP) is 2.35. The summed E-state index contributed by atoms with van der Waals surface area (Å²) in [6, 6.07) is 7.82. The van der Waals surface area contributed by atoms with Crippen molar-refractivity contribution in [3.63, 3.8) is 0 Å². The van der Waals surface area contributed by atoms with Crippen LogP contribution >= 0.6 is 0 Å². The van der Waals surface area contributed by atoms with E-state index in [1.165, 1.54) is 0 Å². The molecule has 0 amide bonds. The van der Waals surface area contributed by atoms with Gasteiger partial charge in [0.2, 0.25) is 0 Å². The number of rotatable bonds is 4. The first kappa shape index (κ1) is 10.8. The van der Waals surface area contributed by atoms with Gasteiger partial charge in [0, 0.05) is 42.8 Å². The molecule has 0 saturated heterocycles. The van der Waals surface area contributed by atoms with Crippen LogP contribution in [0.5, 0.6) is 0 Å². The second-order valence-corrected chi connectivity index (χ2v) is 4.25. The van der Waals surface area contributed by atoms with Gasteiger partial charge < -0.3 is 9.13 Å². The summed E-state index contributed by atoms with van der Waals surface area (Å²) < 4.78 is 4.19. The molecule has 3 rings (SSSR count). The minimum atomic E-state index is 0.713. The van der Waals surface area contributed by atoms with Crippen LogP contribution in [0.25, 0.3) is 10.9 Å². The number of nitrogens with zero attached hydrogens (tertiary/aromatic N) is 3. The van der Waals surface area contributed by atoms with Crippen LogP contribution in [-0.2, 0) is 13.1 Å². The molecule has 18 heavy (non-hydrogen) atoms. The van der Waals surface area contributed by atoms with Crippen LogP contribution in [-0.4, -0.2) is 20.4 Å². The summed E-state index contributed by atoms with van der Waals surface area (Å²) >= 11 is 0. The van der Waals surface area contributed by atoms with Gasteiger partial charge >= 0.3 is 0 Å². The molecule has 0 spiro atoms. The van der Waals surface area contributed by atoms with Crippen LogP contribution in [0.4, 0.5) is 0 Å². The lowest BCUT2D eigenvalue weighted by Crippen LogP contribution is -2.04. The van der Waals surface area contributed by atoms with Gasteiger partial charge in [-0.1, -0.05) is 12.1 Å². The number of carbonyl (C=O) groups is 1. The molecule has 0 unspecified atom stereocenters. The molecule has 2 aromatic heterocycles. The van der Waals surface area contributed by atoms with E-state index in [0.29, 0.717) is 5.56 Å². The highest BCUT2D eigenvalue weighted by molar-refractivity contribution is 5.87. The summed E-state index contributed by atoms with van der Waals surface area (Å²) in [5.74, 6) is 0. The molecule has 0 bridgehead atoms. The number of aryl methyl sites for hydroxylation is 2. The molecule has 0 saturated carbocycles. The van der Waals surface area contributed by atoms with Gasteiger partial charge in [0.05, 0.1) is 6.33 Å². The van der Waals surface area contributed by atoms with Gasteiger partial charge in [0.25, 0.3) is 0 Å². The van der Waals surface area contributed by atoms with Gasteiger partial charge in [-0.2, -0.15) is 0 Å². The zero-order valence-electron chi connectivity index (χ0n) is 9.86. The highest BCUT2D eigenvalue weighted by atomic mass is 16.1. The Balaban J connectivity index is 1.89. The predicted molar refractivity (Wildman–Crippen MR) is 69.6 cm³/mol. The minimum absolute atomic E-state index is 0.713. The van der Waals surface area contributed by atoms with E-state index in [4.69, 9.17) is 0 Å². The average molecular weight is 239 g/mol. The lowest BCUT2D eigenvalue weighted by atomic mass is 10.2. The summed E-state index contributed by atoms with van der Waals surface area (Å²) in [4.78, 5) is 14.8. The Kier molecular flexibility index (Phi) is 2.68. The number of aldehydes is 1. The molecule has 0 aliphatic rings. The molecule has 1 aromatic carbocycles. The third-order valence-electron chi connectivity index (χ3n) is 3.09. The maximum atomic E-state index is 10.8. The molecule has 0 aliphatic carbocycles. The largest absolute Gasteiger partial charge is 0.346 e. The zero-order valence-corrected chi connectivity index (χ0v) is 9.86. The standard InChI is InChI=1S/C14H13N3O/c18-10-12-1-2-13-3-5-17(14(13)9-12)8-7-16-6-4-15-11-16/h1-6,9-11H,7-8H2. The number of hydrogen-bond donors (Lipinski definition) is 0. The number of carbonyl (C=O) groups excluding carboxylic acids is 1. The van der Waals surface area contributed by atoms with Crippen LogP contribution in [0.15, 0.2) is 49.2 Å². The quantitative estimate of drug-likeness (QED) is 0.656. The zero-order chi connectivity index (χ0) is 12.4. The first-order valence-electron chi connectivity index (χ1n) is 5.86. The Morgan fingerprint density at radius 3 is 2.89 bits per heavy atom. The monoisotopic (exact) mass is 239 g/mol. The van der Waals surface area contributed by atoms with Crippen LogP contribution < -0.4 is 0 Å². The lowest BCUT2D eigenvalue weighted by molar-refractivity contribution is 0.112. The third kappa shape index (κ3) is 1.93. The molecule has 0 atom stereocenters. The third-order valence-corrected chi connectivity index (χ3v) is 3.09. The fourth-order valence-corrected chi connectivity index (χ4v) is 2.11. The molecule has 3 aromatic rings. The Morgan fingerprint density at radius 2 is 2.11 bits per heavy atom. The molecule has 2 heterocycles. The number of aromatic nitrogens is 3. The van der Waals surface area contributed by atoms with Crippen LogP contribution in [0.2, 0.25) is 0 Å². The van der Waals surface area contributed by atoms with Crippen LogP contribution in [0.3, 0.4) is 0 Å². The summed E-state index contributed by atoms with van der Waals surface area (Å²) in [7, 11) is 0. The Labute approximate surface area is 104 Å². The summed E-state index contributed by atoms with van der Waals surface area (Å²) in [5.41, 5.74) is 1.81. The van der Waals surface area contributed by atoms with Crippen molar-refractivity contribution in [3.8, 4) is 0 Å². The van der Waals surface area contributed by atoms with Crippen molar-refractivity contribution in [1.82, 2.24) is 14.1 Å². The smallest absolute Gasteiger partial charge is 0.150 e. The highest BCUT2D eigenvalue weighted by Gasteiger charge is 2.02. The van der Waals surface area contributed by atoms with Gasteiger partial charge in [-0.25, -0.2) is 4.98 Å². The average Bonchev–Trinajstić information content (AvgIpc) is 3.05. The summed E-state index contributed by atoms with van der Waals surface area (Å²) in [6.45, 7) is 1.73. The summed E-state index contributed by atoms with van der Waals surface area (Å²) in [6.07, 6.45) is 8.46. The second kappa shape index (κ2) is 4.49. The van der Waals surface area contributed by atoms with Crippen molar-refractivity contribution >= 4 is 17.2 Å². The molecule has 0 aliphatic heterocycles. The topological polar surface area (TPSA) is 39.8 Å². The number of hydrogen-bond acceptors (Lipinski definition) is 2. The van der Waals surface area contributed by atoms with E-state index < -0.39 is 0 Å². The van der Waals surface area contributed by atoms with Crippen molar-refractivity contribution in [2.45, 2.75) is 13.1 Å². The molecule has 0 fully saturated rings. The van der Waals surface area contributed by atoms with Crippen molar-refractivity contribution < 1.29 is 4.79 Å². The highest BCUT2D eigenvalue weighted by Crippen LogP contribution is 2.17. The van der Waals surface area contributed by atoms with Crippen molar-refractivity contribution in [1.29, 1.82) is 0 Å². The van der Waals surface area contributed by atoms with E-state index in [1.807, 2.05) is 35.3 Å². The molecular formula is C14H13N3O. The van der Waals surface area contributed by atoms with Crippen molar-refractivity contribution in [2.24, 2.45) is 0 Å². The minimum Gasteiger partial charge on any atom is -0.346 e. The van der Waals surface area contributed by atoms with E-state index in [2.05, 4.69) is 21.8 Å². The normalized spacial score (nSPS) is 10.9. The first-order valence-corrected chi connectivity index (χ1v) is 5.86. The maximum Gasteiger partial charge on any atom is 0.150 e. The van der Waals surface area contributed by atoms with Gasteiger partial charge in [-0.3, -0.25) is 4.79 Å². The Bertz CT molecular complexity index is 667. The molecule has 0 radical (unpaired) electrons. The number of fused-ring (bicyclic) bond motifs is 1.